The fraction of sp³-hybridized carbons (Fsp3) is 0.300. The summed E-state index contributed by atoms with van der Waals surface area (Å²) in [6.07, 6.45) is 1.49. The highest BCUT2D eigenvalue weighted by molar-refractivity contribution is 6.06. The summed E-state index contributed by atoms with van der Waals surface area (Å²) in [4.78, 5) is 26.1. The van der Waals surface area contributed by atoms with E-state index in [1.165, 1.54) is 0 Å². The van der Waals surface area contributed by atoms with Crippen molar-refractivity contribution in [2.75, 3.05) is 16.8 Å². The fourth-order valence-electron chi connectivity index (χ4n) is 2.86. The molecule has 1 aliphatic rings. The van der Waals surface area contributed by atoms with E-state index >= 15 is 0 Å². The van der Waals surface area contributed by atoms with E-state index in [2.05, 4.69) is 5.32 Å². The van der Waals surface area contributed by atoms with Gasteiger partial charge >= 0.3 is 0 Å². The zero-order valence-electron chi connectivity index (χ0n) is 14.5. The van der Waals surface area contributed by atoms with Gasteiger partial charge in [0, 0.05) is 24.3 Å². The van der Waals surface area contributed by atoms with Crippen LogP contribution in [0.5, 0.6) is 5.75 Å². The number of benzene rings is 2. The van der Waals surface area contributed by atoms with Gasteiger partial charge in [-0.05, 0) is 56.7 Å². The minimum absolute atomic E-state index is 0.00812. The van der Waals surface area contributed by atoms with Crippen molar-refractivity contribution >= 4 is 23.2 Å². The van der Waals surface area contributed by atoms with Crippen LogP contribution in [0.25, 0.3) is 0 Å². The van der Waals surface area contributed by atoms with E-state index in [0.29, 0.717) is 23.4 Å². The van der Waals surface area contributed by atoms with Gasteiger partial charge in [0.05, 0.1) is 11.7 Å². The molecule has 3 rings (SSSR count). The highest BCUT2D eigenvalue weighted by Crippen LogP contribution is 2.24. The highest BCUT2D eigenvalue weighted by Gasteiger charge is 2.21. The van der Waals surface area contributed by atoms with Crippen LogP contribution in [0.3, 0.4) is 0 Å². The van der Waals surface area contributed by atoms with Crippen molar-refractivity contribution in [2.24, 2.45) is 0 Å². The van der Waals surface area contributed by atoms with Gasteiger partial charge in [0.25, 0.3) is 5.91 Å². The van der Waals surface area contributed by atoms with Crippen LogP contribution in [0.15, 0.2) is 48.5 Å². The second-order valence-corrected chi connectivity index (χ2v) is 6.31. The molecule has 0 unspecified atom stereocenters. The van der Waals surface area contributed by atoms with Gasteiger partial charge < -0.3 is 15.0 Å². The molecule has 5 heteroatoms. The molecule has 5 nitrogen and oxygen atoms in total. The molecule has 0 aliphatic carbocycles. The van der Waals surface area contributed by atoms with Crippen LogP contribution in [0.4, 0.5) is 11.4 Å². The van der Waals surface area contributed by atoms with Gasteiger partial charge in [0.2, 0.25) is 5.91 Å². The number of hydrogen-bond donors (Lipinski definition) is 1. The molecule has 0 bridgehead atoms. The Bertz CT molecular complexity index is 769. The zero-order valence-corrected chi connectivity index (χ0v) is 14.5. The Morgan fingerprint density at radius 3 is 2.48 bits per heavy atom. The number of nitrogens with zero attached hydrogens (tertiary/aromatic N) is 1. The third-order valence-electron chi connectivity index (χ3n) is 4.00. The molecule has 0 spiro atoms. The monoisotopic (exact) mass is 338 g/mol. The summed E-state index contributed by atoms with van der Waals surface area (Å²) in [6.45, 7) is 4.60. The first kappa shape index (κ1) is 17.0. The standard InChI is InChI=1S/C20H22N2O3/c1-14(2)25-18-7-4-3-6-17(18)20(24)21-15-9-11-16(12-10-15)22-13-5-8-19(22)23/h3-4,6-7,9-12,14H,5,8,13H2,1-2H3,(H,21,24). The van der Waals surface area contributed by atoms with Crippen molar-refractivity contribution < 1.29 is 14.3 Å². The summed E-state index contributed by atoms with van der Waals surface area (Å²) in [5, 5.41) is 2.88. The Morgan fingerprint density at radius 1 is 1.12 bits per heavy atom. The first-order chi connectivity index (χ1) is 12.0. The number of carbonyl (C=O) groups is 2. The smallest absolute Gasteiger partial charge is 0.259 e. The van der Waals surface area contributed by atoms with Gasteiger partial charge in [-0.1, -0.05) is 12.1 Å². The van der Waals surface area contributed by atoms with E-state index in [1.54, 1.807) is 17.0 Å². The molecule has 0 aromatic heterocycles. The number of para-hydroxylation sites is 1. The second kappa shape index (κ2) is 7.38. The molecule has 1 heterocycles. The Balaban J connectivity index is 1.72. The molecule has 130 valence electrons. The van der Waals surface area contributed by atoms with Crippen molar-refractivity contribution in [1.29, 1.82) is 0 Å². The quantitative estimate of drug-likeness (QED) is 0.901. The van der Waals surface area contributed by atoms with Gasteiger partial charge in [-0.2, -0.15) is 0 Å². The summed E-state index contributed by atoms with van der Waals surface area (Å²) in [5.41, 5.74) is 2.04. The lowest BCUT2D eigenvalue weighted by Gasteiger charge is -2.16. The van der Waals surface area contributed by atoms with Crippen molar-refractivity contribution in [3.8, 4) is 5.75 Å². The van der Waals surface area contributed by atoms with Crippen LogP contribution in [-0.4, -0.2) is 24.5 Å². The first-order valence-corrected chi connectivity index (χ1v) is 8.52. The van der Waals surface area contributed by atoms with Crippen LogP contribution in [0, 0.1) is 0 Å². The second-order valence-electron chi connectivity index (χ2n) is 6.31. The SMILES string of the molecule is CC(C)Oc1ccccc1C(=O)Nc1ccc(N2CCCC2=O)cc1. The third-order valence-corrected chi connectivity index (χ3v) is 4.00. The number of nitrogens with one attached hydrogen (secondary N) is 1. The van der Waals surface area contributed by atoms with Crippen LogP contribution >= 0.6 is 0 Å². The molecule has 2 amide bonds. The maximum absolute atomic E-state index is 12.6. The Kier molecular flexibility index (Phi) is 5.03. The molecule has 0 atom stereocenters. The van der Waals surface area contributed by atoms with E-state index in [1.807, 2.05) is 50.2 Å². The molecule has 2 aromatic rings. The van der Waals surface area contributed by atoms with Gasteiger partial charge in [-0.3, -0.25) is 9.59 Å². The van der Waals surface area contributed by atoms with Crippen LogP contribution in [0.2, 0.25) is 0 Å². The van der Waals surface area contributed by atoms with E-state index in [9.17, 15) is 9.59 Å². The molecule has 0 radical (unpaired) electrons. The van der Waals surface area contributed by atoms with E-state index in [4.69, 9.17) is 4.74 Å². The van der Waals surface area contributed by atoms with Crippen molar-refractivity contribution in [1.82, 2.24) is 0 Å². The largest absolute Gasteiger partial charge is 0.490 e. The Labute approximate surface area is 147 Å². The molecule has 1 saturated heterocycles. The summed E-state index contributed by atoms with van der Waals surface area (Å²) >= 11 is 0. The summed E-state index contributed by atoms with van der Waals surface area (Å²) < 4.78 is 5.70. The average molecular weight is 338 g/mol. The predicted octanol–water partition coefficient (Wildman–Crippen LogP) is 3.85. The van der Waals surface area contributed by atoms with Crippen LogP contribution < -0.4 is 15.0 Å². The number of anilines is 2. The molecule has 1 N–H and O–H groups in total. The molecular formula is C20H22N2O3. The lowest BCUT2D eigenvalue weighted by atomic mass is 10.1. The predicted molar refractivity (Wildman–Crippen MR) is 98.2 cm³/mol. The highest BCUT2D eigenvalue weighted by atomic mass is 16.5. The molecule has 0 saturated carbocycles. The maximum atomic E-state index is 12.6. The number of hydrogen-bond acceptors (Lipinski definition) is 3. The number of rotatable bonds is 5. The lowest BCUT2D eigenvalue weighted by Crippen LogP contribution is -2.23. The molecule has 1 fully saturated rings. The summed E-state index contributed by atoms with van der Waals surface area (Å²) in [7, 11) is 0. The Hall–Kier alpha value is -2.82. The minimum atomic E-state index is -0.221. The van der Waals surface area contributed by atoms with Crippen molar-refractivity contribution in [3.63, 3.8) is 0 Å². The molecule has 1 aliphatic heterocycles. The number of amides is 2. The van der Waals surface area contributed by atoms with Gasteiger partial charge in [0.1, 0.15) is 5.75 Å². The first-order valence-electron chi connectivity index (χ1n) is 8.52. The summed E-state index contributed by atoms with van der Waals surface area (Å²) in [5.74, 6) is 0.493. The normalized spacial score (nSPS) is 14.0. The third kappa shape index (κ3) is 3.99. The van der Waals surface area contributed by atoms with Gasteiger partial charge in [0.15, 0.2) is 0 Å². The molecular weight excluding hydrogens is 316 g/mol. The van der Waals surface area contributed by atoms with Crippen LogP contribution in [-0.2, 0) is 4.79 Å². The van der Waals surface area contributed by atoms with Gasteiger partial charge in [-0.25, -0.2) is 0 Å². The average Bonchev–Trinajstić information content (AvgIpc) is 3.01. The minimum Gasteiger partial charge on any atom is -0.490 e. The molecule has 25 heavy (non-hydrogen) atoms. The number of carbonyl (C=O) groups excluding carboxylic acids is 2. The summed E-state index contributed by atoms with van der Waals surface area (Å²) in [6, 6.07) is 14.5. The zero-order chi connectivity index (χ0) is 17.8. The fourth-order valence-corrected chi connectivity index (χ4v) is 2.86. The van der Waals surface area contributed by atoms with Crippen molar-refractivity contribution in [3.05, 3.63) is 54.1 Å². The lowest BCUT2D eigenvalue weighted by molar-refractivity contribution is -0.117. The maximum Gasteiger partial charge on any atom is 0.259 e. The van der Waals surface area contributed by atoms with E-state index in [-0.39, 0.29) is 17.9 Å². The molecule has 2 aromatic carbocycles. The van der Waals surface area contributed by atoms with E-state index < -0.39 is 0 Å². The number of ether oxygens (including phenoxy) is 1. The Morgan fingerprint density at radius 2 is 1.84 bits per heavy atom. The topological polar surface area (TPSA) is 58.6 Å². The van der Waals surface area contributed by atoms with Crippen molar-refractivity contribution in [2.45, 2.75) is 32.8 Å². The van der Waals surface area contributed by atoms with Crippen LogP contribution in [0.1, 0.15) is 37.0 Å². The van der Waals surface area contributed by atoms with E-state index in [0.717, 1.165) is 18.7 Å². The van der Waals surface area contributed by atoms with Gasteiger partial charge in [-0.15, -0.1) is 0 Å².